The average Bonchev–Trinajstić information content (AvgIpc) is 3.33. The van der Waals surface area contributed by atoms with Gasteiger partial charge in [-0.1, -0.05) is 48.0 Å². The van der Waals surface area contributed by atoms with Gasteiger partial charge in [0.2, 0.25) is 0 Å². The van der Waals surface area contributed by atoms with Gasteiger partial charge in [0, 0.05) is 5.41 Å². The monoisotopic (exact) mass is 370 g/mol. The lowest BCUT2D eigenvalue weighted by Gasteiger charge is -2.13. The van der Waals surface area contributed by atoms with Crippen molar-refractivity contribution in [3.63, 3.8) is 0 Å². The second kappa shape index (κ2) is 6.23. The highest BCUT2D eigenvalue weighted by molar-refractivity contribution is 5.78. The van der Waals surface area contributed by atoms with E-state index in [0.29, 0.717) is 0 Å². The molecular formula is C25H22O3. The van der Waals surface area contributed by atoms with Crippen molar-refractivity contribution in [1.82, 2.24) is 0 Å². The van der Waals surface area contributed by atoms with Crippen molar-refractivity contribution in [2.75, 3.05) is 0 Å². The second-order valence-corrected chi connectivity index (χ2v) is 8.07. The molecule has 0 aliphatic heterocycles. The maximum Gasteiger partial charge on any atom is 0.307 e. The highest BCUT2D eigenvalue weighted by atomic mass is 16.5. The number of aliphatic carboxylic acids is 1. The molecule has 140 valence electrons. The largest absolute Gasteiger partial charge is 0.481 e. The lowest BCUT2D eigenvalue weighted by molar-refractivity contribution is -0.139. The lowest BCUT2D eigenvalue weighted by Crippen LogP contribution is -2.11. The molecule has 3 nitrogen and oxygen atoms in total. The Labute approximate surface area is 164 Å². The highest BCUT2D eigenvalue weighted by Crippen LogP contribution is 2.62. The molecule has 0 radical (unpaired) electrons. The molecule has 0 unspecified atom stereocenters. The quantitative estimate of drug-likeness (QED) is 0.637. The summed E-state index contributed by atoms with van der Waals surface area (Å²) >= 11 is 0. The van der Waals surface area contributed by atoms with Crippen LogP contribution >= 0.6 is 0 Å². The number of fused-ring (bicyclic) bond motifs is 2. The fourth-order valence-electron chi connectivity index (χ4n) is 4.67. The lowest BCUT2D eigenvalue weighted by atomic mass is 9.95. The molecule has 0 amide bonds. The molecule has 0 bridgehead atoms. The molecule has 2 aliphatic rings. The van der Waals surface area contributed by atoms with Gasteiger partial charge in [0.25, 0.3) is 0 Å². The molecule has 1 spiro atoms. The zero-order valence-electron chi connectivity index (χ0n) is 15.8. The van der Waals surface area contributed by atoms with Gasteiger partial charge in [-0.3, -0.25) is 4.79 Å². The van der Waals surface area contributed by atoms with Crippen molar-refractivity contribution in [2.24, 2.45) is 5.92 Å². The number of aryl methyl sites for hydroxylation is 2. The summed E-state index contributed by atoms with van der Waals surface area (Å²) < 4.78 is 6.09. The molecule has 3 heteroatoms. The van der Waals surface area contributed by atoms with Crippen molar-refractivity contribution in [3.05, 3.63) is 83.4 Å². The van der Waals surface area contributed by atoms with Crippen LogP contribution in [-0.4, -0.2) is 11.1 Å². The number of ether oxygens (including phenoxy) is 1. The number of hydrogen-bond donors (Lipinski definition) is 1. The van der Waals surface area contributed by atoms with Gasteiger partial charge in [-0.15, -0.1) is 0 Å². The molecule has 0 aromatic heterocycles. The van der Waals surface area contributed by atoms with E-state index >= 15 is 0 Å². The average molecular weight is 370 g/mol. The van der Waals surface area contributed by atoms with Crippen molar-refractivity contribution < 1.29 is 14.6 Å². The summed E-state index contributed by atoms with van der Waals surface area (Å²) in [5.74, 6) is 0.650. The van der Waals surface area contributed by atoms with E-state index in [9.17, 15) is 9.90 Å². The Hall–Kier alpha value is -3.07. The SMILES string of the molecule is Cc1cccc(-c2ccc(Oc3ccc4c(c3)[C@]3(CC4)C[C@H]3C(=O)O)cc2)c1. The normalized spacial score (nSPS) is 22.1. The van der Waals surface area contributed by atoms with Crippen LogP contribution in [0.3, 0.4) is 0 Å². The molecule has 28 heavy (non-hydrogen) atoms. The summed E-state index contributed by atoms with van der Waals surface area (Å²) in [5, 5.41) is 9.41. The van der Waals surface area contributed by atoms with E-state index in [1.165, 1.54) is 22.3 Å². The van der Waals surface area contributed by atoms with E-state index in [2.05, 4.69) is 55.5 Å². The third kappa shape index (κ3) is 2.78. The minimum absolute atomic E-state index is 0.157. The third-order valence-electron chi connectivity index (χ3n) is 6.27. The number of carboxylic acid groups (broad SMARTS) is 1. The summed E-state index contributed by atoms with van der Waals surface area (Å²) in [5.41, 5.74) is 5.88. The molecule has 3 aromatic rings. The fraction of sp³-hybridized carbons (Fsp3) is 0.240. The van der Waals surface area contributed by atoms with Gasteiger partial charge in [0.05, 0.1) is 5.92 Å². The van der Waals surface area contributed by atoms with Crippen LogP contribution in [0.25, 0.3) is 11.1 Å². The predicted octanol–water partition coefficient (Wildman–Crippen LogP) is 5.74. The van der Waals surface area contributed by atoms with Crippen LogP contribution in [0.5, 0.6) is 11.5 Å². The van der Waals surface area contributed by atoms with E-state index in [4.69, 9.17) is 4.74 Å². The van der Waals surface area contributed by atoms with Crippen LogP contribution in [0.1, 0.15) is 29.5 Å². The van der Waals surface area contributed by atoms with Crippen LogP contribution in [0, 0.1) is 12.8 Å². The number of hydrogen-bond acceptors (Lipinski definition) is 2. The molecule has 1 saturated carbocycles. The molecular weight excluding hydrogens is 348 g/mol. The Bertz CT molecular complexity index is 1070. The highest BCUT2D eigenvalue weighted by Gasteiger charge is 2.61. The molecule has 2 atom stereocenters. The Morgan fingerprint density at radius 1 is 1.00 bits per heavy atom. The maximum absolute atomic E-state index is 11.4. The van der Waals surface area contributed by atoms with Gasteiger partial charge in [-0.25, -0.2) is 0 Å². The first-order chi connectivity index (χ1) is 13.5. The van der Waals surface area contributed by atoms with Crippen molar-refractivity contribution in [1.29, 1.82) is 0 Å². The molecule has 3 aromatic carbocycles. The summed E-state index contributed by atoms with van der Waals surface area (Å²) in [6.07, 6.45) is 2.66. The topological polar surface area (TPSA) is 46.5 Å². The van der Waals surface area contributed by atoms with Crippen LogP contribution in [0.4, 0.5) is 0 Å². The molecule has 0 saturated heterocycles. The number of carbonyl (C=O) groups is 1. The van der Waals surface area contributed by atoms with Crippen molar-refractivity contribution >= 4 is 5.97 Å². The Kier molecular flexibility index (Phi) is 3.80. The number of rotatable bonds is 4. The minimum atomic E-state index is -0.675. The third-order valence-corrected chi connectivity index (χ3v) is 6.27. The van der Waals surface area contributed by atoms with Gasteiger partial charge in [0.15, 0.2) is 0 Å². The number of benzene rings is 3. The van der Waals surface area contributed by atoms with E-state index < -0.39 is 5.97 Å². The molecule has 1 N–H and O–H groups in total. The molecule has 0 heterocycles. The van der Waals surface area contributed by atoms with E-state index in [1.807, 2.05) is 18.2 Å². The van der Waals surface area contributed by atoms with Gasteiger partial charge < -0.3 is 9.84 Å². The van der Waals surface area contributed by atoms with Crippen LogP contribution in [0.2, 0.25) is 0 Å². The van der Waals surface area contributed by atoms with Gasteiger partial charge in [-0.2, -0.15) is 0 Å². The fourth-order valence-corrected chi connectivity index (χ4v) is 4.67. The summed E-state index contributed by atoms with van der Waals surface area (Å²) in [7, 11) is 0. The van der Waals surface area contributed by atoms with Gasteiger partial charge in [-0.05, 0) is 72.7 Å². The summed E-state index contributed by atoms with van der Waals surface area (Å²) in [4.78, 5) is 11.4. The van der Waals surface area contributed by atoms with Crippen LogP contribution in [0.15, 0.2) is 66.7 Å². The van der Waals surface area contributed by atoms with E-state index in [-0.39, 0.29) is 11.3 Å². The maximum atomic E-state index is 11.4. The standard InChI is InChI=1S/C25H22O3/c1-16-3-2-4-19(13-16)17-5-8-20(9-6-17)28-21-10-7-18-11-12-25(22(18)14-21)15-23(25)24(26)27/h2-10,13-14,23H,11-12,15H2,1H3,(H,26,27)/t23-,25-/m0/s1. The first-order valence-electron chi connectivity index (χ1n) is 9.76. The molecule has 1 fully saturated rings. The van der Waals surface area contributed by atoms with Crippen molar-refractivity contribution in [3.8, 4) is 22.6 Å². The summed E-state index contributed by atoms with van der Waals surface area (Å²) in [6, 6.07) is 22.7. The zero-order chi connectivity index (χ0) is 19.3. The smallest absolute Gasteiger partial charge is 0.307 e. The Morgan fingerprint density at radius 2 is 1.79 bits per heavy atom. The summed E-state index contributed by atoms with van der Waals surface area (Å²) in [6.45, 7) is 2.09. The molecule has 5 rings (SSSR count). The van der Waals surface area contributed by atoms with Crippen molar-refractivity contribution in [2.45, 2.75) is 31.6 Å². The Morgan fingerprint density at radius 3 is 2.50 bits per heavy atom. The van der Waals surface area contributed by atoms with Crippen LogP contribution < -0.4 is 4.74 Å². The Balaban J connectivity index is 1.38. The first kappa shape index (κ1) is 17.1. The zero-order valence-corrected chi connectivity index (χ0v) is 15.8. The van der Waals surface area contributed by atoms with E-state index in [1.54, 1.807) is 0 Å². The second-order valence-electron chi connectivity index (χ2n) is 8.07. The van der Waals surface area contributed by atoms with Gasteiger partial charge in [0.1, 0.15) is 11.5 Å². The predicted molar refractivity (Wildman–Crippen MR) is 109 cm³/mol. The first-order valence-corrected chi connectivity index (χ1v) is 9.76. The van der Waals surface area contributed by atoms with Gasteiger partial charge >= 0.3 is 5.97 Å². The minimum Gasteiger partial charge on any atom is -0.481 e. The molecule has 2 aliphatic carbocycles. The number of carboxylic acids is 1. The van der Waals surface area contributed by atoms with E-state index in [0.717, 1.165) is 36.3 Å². The van der Waals surface area contributed by atoms with Crippen LogP contribution in [-0.2, 0) is 16.6 Å².